The van der Waals surface area contributed by atoms with Crippen LogP contribution in [0.3, 0.4) is 0 Å². The summed E-state index contributed by atoms with van der Waals surface area (Å²) >= 11 is 25.5. The molecule has 7 heteroatoms. The molecule has 0 nitrogen and oxygen atoms in total. The highest BCUT2D eigenvalue weighted by Gasteiger charge is 2.14. The summed E-state index contributed by atoms with van der Waals surface area (Å²) in [6, 6.07) is 0. The number of hydrogen-bond donors (Lipinski definition) is 0. The third kappa shape index (κ3) is 9.63. The lowest BCUT2D eigenvalue weighted by molar-refractivity contribution is 0.867. The second kappa shape index (κ2) is 9.92. The van der Waals surface area contributed by atoms with Gasteiger partial charge in [0.25, 0.3) is 0 Å². The maximum absolute atomic E-state index is 5.90. The quantitative estimate of drug-likeness (QED) is 0.350. The van der Waals surface area contributed by atoms with Gasteiger partial charge >= 0.3 is 0 Å². The smallest absolute Gasteiger partial charge is 0.162 e. The minimum atomic E-state index is -1.46. The van der Waals surface area contributed by atoms with Gasteiger partial charge in [0.15, 0.2) is 0 Å². The maximum atomic E-state index is 5.90. The molecule has 0 heterocycles. The van der Waals surface area contributed by atoms with E-state index in [1.54, 1.807) is 0 Å². The molecule has 0 aromatic carbocycles. The molecule has 0 fully saturated rings. The first-order valence-corrected chi connectivity index (χ1v) is 14.6. The van der Waals surface area contributed by atoms with Gasteiger partial charge in [-0.2, -0.15) is 56.1 Å². The summed E-state index contributed by atoms with van der Waals surface area (Å²) in [7, 11) is -2.91. The summed E-state index contributed by atoms with van der Waals surface area (Å²) in [6.45, 7) is 4.28. The minimum absolute atomic E-state index is 0.515. The highest BCUT2D eigenvalue weighted by molar-refractivity contribution is 7.99. The molecule has 0 aliphatic heterocycles. The zero-order valence-electron chi connectivity index (χ0n) is 9.06. The highest BCUT2D eigenvalue weighted by Crippen LogP contribution is 2.25. The third-order valence-corrected chi connectivity index (χ3v) is 10.9. The van der Waals surface area contributed by atoms with E-state index in [2.05, 4.69) is 13.8 Å². The number of halogens is 4. The predicted octanol–water partition coefficient (Wildman–Crippen LogP) is 4.68. The molecule has 0 aliphatic carbocycles. The van der Waals surface area contributed by atoms with Crippen molar-refractivity contribution in [3.05, 3.63) is 0 Å². The Balaban J connectivity index is 3.32. The molecular formula is C8H18Cl4SSi2. The Morgan fingerprint density at radius 3 is 1.47 bits per heavy atom. The van der Waals surface area contributed by atoms with Crippen molar-refractivity contribution in [3.63, 3.8) is 0 Å². The van der Waals surface area contributed by atoms with Crippen LogP contribution in [0.4, 0.5) is 0 Å². The van der Waals surface area contributed by atoms with E-state index in [1.165, 1.54) is 0 Å². The van der Waals surface area contributed by atoms with Gasteiger partial charge in [0.05, 0.1) is 0 Å². The molecule has 92 valence electrons. The molecule has 0 bridgehead atoms. The molecule has 0 aromatic rings. The molecule has 0 aromatic heterocycles. The van der Waals surface area contributed by atoms with Gasteiger partial charge in [0, 0.05) is 0 Å². The van der Waals surface area contributed by atoms with Gasteiger partial charge in [-0.3, -0.25) is 0 Å². The first-order valence-electron chi connectivity index (χ1n) is 5.09. The predicted molar refractivity (Wildman–Crippen MR) is 83.1 cm³/mol. The van der Waals surface area contributed by atoms with Gasteiger partial charge in [-0.05, 0) is 35.4 Å². The van der Waals surface area contributed by atoms with Crippen molar-refractivity contribution in [2.24, 2.45) is 0 Å². The minimum Gasteiger partial charge on any atom is -0.162 e. The van der Waals surface area contributed by atoms with E-state index >= 15 is 0 Å². The van der Waals surface area contributed by atoms with E-state index in [0.717, 1.165) is 24.3 Å². The zero-order chi connectivity index (χ0) is 11.8. The molecule has 0 N–H and O–H groups in total. The van der Waals surface area contributed by atoms with Gasteiger partial charge in [-0.1, -0.05) is 13.8 Å². The second-order valence-electron chi connectivity index (χ2n) is 3.81. The van der Waals surface area contributed by atoms with Crippen LogP contribution in [0.5, 0.6) is 0 Å². The van der Waals surface area contributed by atoms with Crippen LogP contribution < -0.4 is 0 Å². The summed E-state index contributed by atoms with van der Waals surface area (Å²) < 4.78 is 0. The van der Waals surface area contributed by atoms with E-state index < -0.39 is 14.8 Å². The summed E-state index contributed by atoms with van der Waals surface area (Å²) in [6.07, 6.45) is 2.26. The Bertz CT molecular complexity index is 144. The lowest BCUT2D eigenvalue weighted by atomic mass is 10.4. The summed E-state index contributed by atoms with van der Waals surface area (Å²) in [5.41, 5.74) is 1.03. The van der Waals surface area contributed by atoms with Crippen LogP contribution in [0.15, 0.2) is 0 Å². The van der Waals surface area contributed by atoms with Crippen LogP contribution in [0.2, 0.25) is 11.1 Å². The molecule has 15 heavy (non-hydrogen) atoms. The largest absolute Gasteiger partial charge is 0.239 e. The fourth-order valence-electron chi connectivity index (χ4n) is 0.892. The van der Waals surface area contributed by atoms with Gasteiger partial charge in [-0.25, -0.2) is 0 Å². The summed E-state index contributed by atoms with van der Waals surface area (Å²) in [5, 5.41) is 0. The van der Waals surface area contributed by atoms with Crippen LogP contribution in [-0.4, -0.2) is 26.3 Å². The molecule has 0 saturated heterocycles. The topological polar surface area (TPSA) is 0 Å². The fraction of sp³-hybridized carbons (Fsp3) is 1.00. The summed E-state index contributed by atoms with van der Waals surface area (Å²) in [5.74, 6) is 2.29. The van der Waals surface area contributed by atoms with Crippen LogP contribution >= 0.6 is 56.1 Å². The first-order chi connectivity index (χ1) is 6.95. The van der Waals surface area contributed by atoms with E-state index in [0.29, 0.717) is 11.1 Å². The second-order valence-corrected chi connectivity index (χ2v) is 15.6. The van der Waals surface area contributed by atoms with E-state index in [-0.39, 0.29) is 0 Å². The van der Waals surface area contributed by atoms with Gasteiger partial charge in [0.2, 0.25) is 14.8 Å². The molecule has 2 atom stereocenters. The SMILES string of the molecule is CC(CCSCCC(C)[SiH](Cl)Cl)[SiH](Cl)Cl. The Kier molecular flexibility index (Phi) is 11.2. The molecule has 0 spiro atoms. The van der Waals surface area contributed by atoms with E-state index in [9.17, 15) is 0 Å². The number of rotatable bonds is 8. The fourth-order valence-corrected chi connectivity index (χ4v) is 5.01. The molecule has 0 rings (SSSR count). The number of hydrogen-bond acceptors (Lipinski definition) is 1. The Morgan fingerprint density at radius 1 is 0.867 bits per heavy atom. The molecule has 0 aliphatic rings. The first kappa shape index (κ1) is 16.9. The zero-order valence-corrected chi connectivity index (χ0v) is 15.2. The molecule has 2 unspecified atom stereocenters. The van der Waals surface area contributed by atoms with Crippen molar-refractivity contribution in [1.82, 2.24) is 0 Å². The van der Waals surface area contributed by atoms with Gasteiger partial charge in [0.1, 0.15) is 0 Å². The lowest BCUT2D eigenvalue weighted by Gasteiger charge is -2.12. The van der Waals surface area contributed by atoms with Crippen molar-refractivity contribution >= 4 is 70.9 Å². The lowest BCUT2D eigenvalue weighted by Crippen LogP contribution is -2.06. The average molecular weight is 344 g/mol. The van der Waals surface area contributed by atoms with E-state index in [1.807, 2.05) is 11.8 Å². The van der Waals surface area contributed by atoms with Crippen LogP contribution in [0, 0.1) is 0 Å². The van der Waals surface area contributed by atoms with Crippen molar-refractivity contribution in [3.8, 4) is 0 Å². The van der Waals surface area contributed by atoms with Gasteiger partial charge in [-0.15, -0.1) is 0 Å². The normalized spacial score (nSPS) is 16.0. The molecule has 0 saturated carbocycles. The monoisotopic (exact) mass is 342 g/mol. The molecular weight excluding hydrogens is 326 g/mol. The van der Waals surface area contributed by atoms with Crippen LogP contribution in [-0.2, 0) is 0 Å². The van der Waals surface area contributed by atoms with Crippen LogP contribution in [0.1, 0.15) is 26.7 Å². The van der Waals surface area contributed by atoms with Gasteiger partial charge < -0.3 is 0 Å². The molecule has 0 amide bonds. The standard InChI is InChI=1S/C8H18Cl4SSi2/c1-7(14(9)10)3-5-13-6-4-8(2)15(11)12/h7-8,14-15H,3-6H2,1-2H3. The summed E-state index contributed by atoms with van der Waals surface area (Å²) in [4.78, 5) is 0. The van der Waals surface area contributed by atoms with Crippen LogP contribution in [0.25, 0.3) is 0 Å². The maximum Gasteiger partial charge on any atom is 0.239 e. The number of thioether (sulfide) groups is 1. The van der Waals surface area contributed by atoms with Crippen molar-refractivity contribution < 1.29 is 0 Å². The third-order valence-electron chi connectivity index (χ3n) is 2.30. The highest BCUT2D eigenvalue weighted by atomic mass is 35.7. The Morgan fingerprint density at radius 2 is 1.20 bits per heavy atom. The van der Waals surface area contributed by atoms with Crippen molar-refractivity contribution in [1.29, 1.82) is 0 Å². The van der Waals surface area contributed by atoms with E-state index in [4.69, 9.17) is 44.3 Å². The average Bonchev–Trinajstić information content (AvgIpc) is 2.16. The Hall–Kier alpha value is 1.94. The van der Waals surface area contributed by atoms with Crippen molar-refractivity contribution in [2.75, 3.05) is 11.5 Å². The Labute approximate surface area is 119 Å². The van der Waals surface area contributed by atoms with Crippen molar-refractivity contribution in [2.45, 2.75) is 37.8 Å². The molecule has 0 radical (unpaired) electrons.